The van der Waals surface area contributed by atoms with E-state index in [0.29, 0.717) is 17.7 Å². The average Bonchev–Trinajstić information content (AvgIpc) is 3.52. The molecule has 2 aliphatic rings. The molecule has 1 aromatic carbocycles. The number of halogens is 3. The molecule has 0 saturated carbocycles. The van der Waals surface area contributed by atoms with Gasteiger partial charge in [-0.3, -0.25) is 9.69 Å². The zero-order chi connectivity index (χ0) is 24.3. The first kappa shape index (κ1) is 23.9. The Morgan fingerprint density at radius 3 is 2.44 bits per heavy atom. The molecule has 2 aromatic heterocycles. The van der Waals surface area contributed by atoms with Gasteiger partial charge in [-0.15, -0.1) is 10.2 Å². The molecule has 8 nitrogen and oxygen atoms in total. The maximum Gasteiger partial charge on any atom is 0.490 e. The number of aliphatic carboxylic acids is 1. The Hall–Kier alpha value is -3.25. The van der Waals surface area contributed by atoms with Gasteiger partial charge in [-0.2, -0.15) is 24.5 Å². The van der Waals surface area contributed by atoms with Gasteiger partial charge in [-0.05, 0) is 46.4 Å². The summed E-state index contributed by atoms with van der Waals surface area (Å²) in [5.41, 5.74) is 2.16. The number of anilines is 1. The van der Waals surface area contributed by atoms with Gasteiger partial charge in [-0.1, -0.05) is 18.2 Å². The van der Waals surface area contributed by atoms with E-state index in [1.165, 1.54) is 5.56 Å². The van der Waals surface area contributed by atoms with Crippen molar-refractivity contribution in [3.63, 3.8) is 0 Å². The molecule has 2 unspecified atom stereocenters. The summed E-state index contributed by atoms with van der Waals surface area (Å²) in [6, 6.07) is 11.7. The summed E-state index contributed by atoms with van der Waals surface area (Å²) in [5, 5.41) is 22.9. The van der Waals surface area contributed by atoms with Crippen molar-refractivity contribution in [1.82, 2.24) is 19.7 Å². The van der Waals surface area contributed by atoms with Gasteiger partial charge in [0.2, 0.25) is 5.82 Å². The highest BCUT2D eigenvalue weighted by Gasteiger charge is 2.39. The minimum atomic E-state index is -5.08. The predicted molar refractivity (Wildman–Crippen MR) is 118 cm³/mol. The lowest BCUT2D eigenvalue weighted by Crippen LogP contribution is -2.31. The summed E-state index contributed by atoms with van der Waals surface area (Å²) in [7, 11) is 0. The molecular weight excluding hydrogens is 471 g/mol. The summed E-state index contributed by atoms with van der Waals surface area (Å²) in [6.45, 7) is 4.00. The largest absolute Gasteiger partial charge is 0.490 e. The number of nitrogens with one attached hydrogen (secondary N) is 1. The van der Waals surface area contributed by atoms with Crippen LogP contribution in [-0.4, -0.2) is 55.9 Å². The van der Waals surface area contributed by atoms with Gasteiger partial charge in [0, 0.05) is 38.3 Å². The number of carboxylic acids is 1. The van der Waals surface area contributed by atoms with Crippen LogP contribution in [0.3, 0.4) is 0 Å². The van der Waals surface area contributed by atoms with E-state index >= 15 is 0 Å². The van der Waals surface area contributed by atoms with Crippen molar-refractivity contribution in [2.45, 2.75) is 25.7 Å². The number of para-hydroxylation sites is 1. The van der Waals surface area contributed by atoms with E-state index in [1.54, 1.807) is 11.3 Å². The van der Waals surface area contributed by atoms with Crippen LogP contribution in [0, 0.1) is 11.8 Å². The van der Waals surface area contributed by atoms with Gasteiger partial charge < -0.3 is 15.0 Å². The molecule has 3 aromatic rings. The number of nitrogens with zero attached hydrogens (tertiary/aromatic N) is 4. The molecule has 2 N–H and O–H groups in total. The Morgan fingerprint density at radius 1 is 1.09 bits per heavy atom. The maximum absolute atomic E-state index is 12.7. The number of rotatable bonds is 4. The predicted octanol–water partition coefficient (Wildman–Crippen LogP) is 3.53. The fraction of sp³-hybridized carbons (Fsp3) is 0.364. The number of carbonyl (C=O) groups is 2. The van der Waals surface area contributed by atoms with Crippen LogP contribution in [0.25, 0.3) is 0 Å². The molecule has 2 atom stereocenters. The van der Waals surface area contributed by atoms with Crippen LogP contribution in [0.1, 0.15) is 22.0 Å². The van der Waals surface area contributed by atoms with E-state index in [4.69, 9.17) is 9.90 Å². The lowest BCUT2D eigenvalue weighted by molar-refractivity contribution is -0.192. The number of benzene rings is 1. The molecule has 0 radical (unpaired) electrons. The number of fused-ring (bicyclic) bond motifs is 2. The monoisotopic (exact) mass is 493 g/mol. The molecule has 0 bridgehead atoms. The summed E-state index contributed by atoms with van der Waals surface area (Å²) in [4.78, 5) is 24.1. The minimum Gasteiger partial charge on any atom is -0.475 e. The van der Waals surface area contributed by atoms with Crippen molar-refractivity contribution >= 4 is 28.9 Å². The normalized spacial score (nSPS) is 19.5. The molecule has 0 aliphatic carbocycles. The highest BCUT2D eigenvalue weighted by Crippen LogP contribution is 2.33. The fourth-order valence-corrected chi connectivity index (χ4v) is 4.93. The number of alkyl halides is 3. The third kappa shape index (κ3) is 5.62. The average molecular weight is 494 g/mol. The van der Waals surface area contributed by atoms with E-state index in [-0.39, 0.29) is 5.91 Å². The maximum atomic E-state index is 12.7. The van der Waals surface area contributed by atoms with Gasteiger partial charge in [0.25, 0.3) is 5.91 Å². The van der Waals surface area contributed by atoms with Crippen LogP contribution in [0.5, 0.6) is 0 Å². The summed E-state index contributed by atoms with van der Waals surface area (Å²) in [6.07, 6.45) is -4.18. The number of thiophene rings is 1. The number of amides is 1. The van der Waals surface area contributed by atoms with E-state index in [1.807, 2.05) is 34.9 Å². The molecule has 1 fully saturated rings. The van der Waals surface area contributed by atoms with Crippen molar-refractivity contribution in [2.75, 3.05) is 18.4 Å². The highest BCUT2D eigenvalue weighted by atomic mass is 32.1. The molecule has 1 saturated heterocycles. The Bertz CT molecular complexity index is 1130. The van der Waals surface area contributed by atoms with Crippen molar-refractivity contribution in [2.24, 2.45) is 11.8 Å². The first-order valence-electron chi connectivity index (χ1n) is 10.5. The first-order valence-corrected chi connectivity index (χ1v) is 11.5. The van der Waals surface area contributed by atoms with Gasteiger partial charge >= 0.3 is 12.1 Å². The molecular formula is C22H22F3N5O3S. The van der Waals surface area contributed by atoms with Crippen LogP contribution in [-0.2, 0) is 24.3 Å². The van der Waals surface area contributed by atoms with Crippen molar-refractivity contribution in [3.8, 4) is 0 Å². The molecule has 4 heterocycles. The van der Waals surface area contributed by atoms with Crippen LogP contribution in [0.15, 0.2) is 47.2 Å². The zero-order valence-electron chi connectivity index (χ0n) is 17.9. The SMILES string of the molecule is O=C(Nc1ccccc1)c1nnc2n1CC1CN(Cc3ccsc3)CC1C2.O=C(O)C(F)(F)F. The van der Waals surface area contributed by atoms with Gasteiger partial charge in [-0.25, -0.2) is 4.79 Å². The Labute approximate surface area is 197 Å². The Kier molecular flexibility index (Phi) is 6.98. The van der Waals surface area contributed by atoms with Gasteiger partial charge in [0.15, 0.2) is 0 Å². The topological polar surface area (TPSA) is 100 Å². The standard InChI is InChI=1S/C20H21N5OS.C2HF3O2/c26-20(21-17-4-2-1-3-5-17)19-23-22-18-8-15-10-24(9-14-6-7-27-13-14)11-16(15)12-25(18)19;3-2(4,5)1(6)7/h1-7,13,15-16H,8-12H2,(H,21,26);(H,6,7). The van der Waals surface area contributed by atoms with E-state index in [9.17, 15) is 18.0 Å². The number of carbonyl (C=O) groups excluding carboxylic acids is 1. The first-order chi connectivity index (χ1) is 16.2. The molecule has 2 aliphatic heterocycles. The second-order valence-corrected chi connectivity index (χ2v) is 9.00. The van der Waals surface area contributed by atoms with Crippen molar-refractivity contribution in [1.29, 1.82) is 0 Å². The fourth-order valence-electron chi connectivity index (χ4n) is 4.27. The number of carboxylic acid groups (broad SMARTS) is 1. The minimum absolute atomic E-state index is 0.188. The lowest BCUT2D eigenvalue weighted by Gasteiger charge is -2.25. The summed E-state index contributed by atoms with van der Waals surface area (Å²) < 4.78 is 33.8. The number of hydrogen-bond acceptors (Lipinski definition) is 6. The van der Waals surface area contributed by atoms with Crippen LogP contribution in [0.4, 0.5) is 18.9 Å². The van der Waals surface area contributed by atoms with Crippen LogP contribution < -0.4 is 5.32 Å². The molecule has 12 heteroatoms. The number of aromatic nitrogens is 3. The van der Waals surface area contributed by atoms with Crippen molar-refractivity contribution < 1.29 is 27.9 Å². The van der Waals surface area contributed by atoms with Gasteiger partial charge in [0.1, 0.15) is 5.82 Å². The molecule has 0 spiro atoms. The Balaban J connectivity index is 0.000000344. The molecule has 34 heavy (non-hydrogen) atoms. The smallest absolute Gasteiger partial charge is 0.475 e. The summed E-state index contributed by atoms with van der Waals surface area (Å²) >= 11 is 1.75. The quantitative estimate of drug-likeness (QED) is 0.577. The van der Waals surface area contributed by atoms with E-state index < -0.39 is 12.1 Å². The third-order valence-electron chi connectivity index (χ3n) is 5.80. The lowest BCUT2D eigenvalue weighted by atomic mass is 9.89. The third-order valence-corrected chi connectivity index (χ3v) is 6.54. The van der Waals surface area contributed by atoms with Crippen LogP contribution >= 0.6 is 11.3 Å². The highest BCUT2D eigenvalue weighted by molar-refractivity contribution is 7.07. The molecule has 180 valence electrons. The number of hydrogen-bond donors (Lipinski definition) is 2. The Morgan fingerprint density at radius 2 is 1.79 bits per heavy atom. The second-order valence-electron chi connectivity index (χ2n) is 8.22. The van der Waals surface area contributed by atoms with Crippen LogP contribution in [0.2, 0.25) is 0 Å². The zero-order valence-corrected chi connectivity index (χ0v) is 18.7. The molecule has 1 amide bonds. The summed E-state index contributed by atoms with van der Waals surface area (Å²) in [5.74, 6) is -0.435. The number of likely N-dealkylation sites (tertiary alicyclic amines) is 1. The second kappa shape index (κ2) is 9.94. The van der Waals surface area contributed by atoms with E-state index in [2.05, 4.69) is 37.2 Å². The van der Waals surface area contributed by atoms with Crippen molar-refractivity contribution in [3.05, 3.63) is 64.4 Å². The molecule has 5 rings (SSSR count). The van der Waals surface area contributed by atoms with Gasteiger partial charge in [0.05, 0.1) is 0 Å². The van der Waals surface area contributed by atoms with E-state index in [0.717, 1.165) is 44.1 Å².